The van der Waals surface area contributed by atoms with E-state index in [4.69, 9.17) is 0 Å². The fourth-order valence-electron chi connectivity index (χ4n) is 2.82. The molecule has 1 aromatic rings. The molecule has 2 heterocycles. The van der Waals surface area contributed by atoms with E-state index in [9.17, 15) is 9.59 Å². The Morgan fingerprint density at radius 3 is 2.65 bits per heavy atom. The number of nitrogens with one attached hydrogen (secondary N) is 1. The smallest absolute Gasteiger partial charge is 0.257 e. The highest BCUT2D eigenvalue weighted by atomic mass is 16.2. The second-order valence-corrected chi connectivity index (χ2v) is 6.16. The Morgan fingerprint density at radius 1 is 1.35 bits per heavy atom. The van der Waals surface area contributed by atoms with E-state index in [1.807, 2.05) is 20.8 Å². The fraction of sp³-hybridized carbons (Fsp3) is 0.562. The molecule has 0 spiro atoms. The van der Waals surface area contributed by atoms with Crippen LogP contribution in [0.1, 0.15) is 45.2 Å². The van der Waals surface area contributed by atoms with E-state index in [1.165, 1.54) is 4.68 Å². The Labute approximate surface area is 134 Å². The summed E-state index contributed by atoms with van der Waals surface area (Å²) in [4.78, 5) is 32.8. The monoisotopic (exact) mass is 315 g/mol. The Hall–Kier alpha value is -2.31. The van der Waals surface area contributed by atoms with Crippen LogP contribution in [0.5, 0.6) is 0 Å². The molecule has 7 heteroatoms. The van der Waals surface area contributed by atoms with Crippen molar-refractivity contribution in [1.82, 2.24) is 9.78 Å². The van der Waals surface area contributed by atoms with E-state index >= 15 is 0 Å². The molecule has 122 valence electrons. The SMILES string of the molecule is CCC1C(=O)N=C(n2nc(C)cc2NC(=O)C2CCC2)N=C1C. The first-order valence-corrected chi connectivity index (χ1v) is 8.05. The van der Waals surface area contributed by atoms with Crippen molar-refractivity contribution in [1.29, 1.82) is 0 Å². The van der Waals surface area contributed by atoms with Gasteiger partial charge in [0.25, 0.3) is 11.9 Å². The molecule has 0 bridgehead atoms. The number of nitrogens with zero attached hydrogens (tertiary/aromatic N) is 4. The summed E-state index contributed by atoms with van der Waals surface area (Å²) in [6.07, 6.45) is 3.62. The zero-order valence-electron chi connectivity index (χ0n) is 13.7. The molecule has 7 nitrogen and oxygen atoms in total. The topological polar surface area (TPSA) is 88.7 Å². The Bertz CT molecular complexity index is 712. The molecule has 23 heavy (non-hydrogen) atoms. The van der Waals surface area contributed by atoms with Crippen LogP contribution in [0.4, 0.5) is 5.82 Å². The molecule has 1 unspecified atom stereocenters. The third kappa shape index (κ3) is 2.95. The van der Waals surface area contributed by atoms with E-state index in [1.54, 1.807) is 6.07 Å². The lowest BCUT2D eigenvalue weighted by molar-refractivity contribution is -0.122. The molecular weight excluding hydrogens is 294 g/mol. The first kappa shape index (κ1) is 15.6. The highest BCUT2D eigenvalue weighted by Gasteiger charge is 2.28. The zero-order valence-corrected chi connectivity index (χ0v) is 13.7. The van der Waals surface area contributed by atoms with Crippen LogP contribution >= 0.6 is 0 Å². The van der Waals surface area contributed by atoms with E-state index in [0.29, 0.717) is 12.2 Å². The third-order valence-corrected chi connectivity index (χ3v) is 4.45. The molecule has 0 radical (unpaired) electrons. The molecule has 1 atom stereocenters. The number of hydrogen-bond donors (Lipinski definition) is 1. The van der Waals surface area contributed by atoms with Gasteiger partial charge in [-0.3, -0.25) is 9.59 Å². The molecule has 1 aliphatic carbocycles. The van der Waals surface area contributed by atoms with Crippen molar-refractivity contribution >= 4 is 29.3 Å². The van der Waals surface area contributed by atoms with Crippen LogP contribution in [0.15, 0.2) is 16.1 Å². The molecule has 0 saturated heterocycles. The summed E-state index contributed by atoms with van der Waals surface area (Å²) >= 11 is 0. The van der Waals surface area contributed by atoms with Crippen molar-refractivity contribution in [3.63, 3.8) is 0 Å². The average molecular weight is 315 g/mol. The fourth-order valence-corrected chi connectivity index (χ4v) is 2.82. The lowest BCUT2D eigenvalue weighted by Crippen LogP contribution is -2.32. The maximum absolute atomic E-state index is 12.2. The lowest BCUT2D eigenvalue weighted by atomic mass is 9.85. The number of rotatable bonds is 3. The summed E-state index contributed by atoms with van der Waals surface area (Å²) in [6, 6.07) is 1.76. The van der Waals surface area contributed by atoms with Gasteiger partial charge in [-0.15, -0.1) is 0 Å². The van der Waals surface area contributed by atoms with Gasteiger partial charge >= 0.3 is 0 Å². The van der Waals surface area contributed by atoms with Gasteiger partial charge in [-0.1, -0.05) is 13.3 Å². The maximum atomic E-state index is 12.2. The Kier molecular flexibility index (Phi) is 4.11. The minimum absolute atomic E-state index is 0.00716. The van der Waals surface area contributed by atoms with E-state index in [2.05, 4.69) is 20.4 Å². The predicted octanol–water partition coefficient (Wildman–Crippen LogP) is 2.16. The first-order chi connectivity index (χ1) is 11.0. The number of anilines is 1. The summed E-state index contributed by atoms with van der Waals surface area (Å²) in [6.45, 7) is 5.58. The average Bonchev–Trinajstić information content (AvgIpc) is 2.77. The van der Waals surface area contributed by atoms with Gasteiger partial charge in [0.05, 0.1) is 11.6 Å². The van der Waals surface area contributed by atoms with Crippen molar-refractivity contribution in [2.24, 2.45) is 21.8 Å². The molecule has 1 fully saturated rings. The third-order valence-electron chi connectivity index (χ3n) is 4.45. The highest BCUT2D eigenvalue weighted by molar-refractivity contribution is 6.15. The minimum Gasteiger partial charge on any atom is -0.310 e. The molecule has 0 aromatic carbocycles. The van der Waals surface area contributed by atoms with Crippen LogP contribution in [-0.2, 0) is 9.59 Å². The van der Waals surface area contributed by atoms with Crippen molar-refractivity contribution in [3.8, 4) is 0 Å². The quantitative estimate of drug-likeness (QED) is 0.927. The van der Waals surface area contributed by atoms with Crippen molar-refractivity contribution < 1.29 is 9.59 Å². The summed E-state index contributed by atoms with van der Waals surface area (Å²) < 4.78 is 1.44. The van der Waals surface area contributed by atoms with Crippen molar-refractivity contribution in [2.45, 2.75) is 46.5 Å². The van der Waals surface area contributed by atoms with Gasteiger partial charge in [0.2, 0.25) is 5.91 Å². The van der Waals surface area contributed by atoms with Gasteiger partial charge in [0.15, 0.2) is 0 Å². The van der Waals surface area contributed by atoms with E-state index in [-0.39, 0.29) is 29.6 Å². The molecule has 3 rings (SSSR count). The van der Waals surface area contributed by atoms with E-state index < -0.39 is 0 Å². The summed E-state index contributed by atoms with van der Waals surface area (Å²) in [5, 5.41) is 7.21. The second kappa shape index (κ2) is 6.06. The normalized spacial score (nSPS) is 21.5. The number of aliphatic imine (C=N–C) groups is 2. The predicted molar refractivity (Wildman–Crippen MR) is 87.7 cm³/mol. The Balaban J connectivity index is 1.88. The van der Waals surface area contributed by atoms with Crippen LogP contribution in [0, 0.1) is 18.8 Å². The van der Waals surface area contributed by atoms with Crippen LogP contribution in [0.3, 0.4) is 0 Å². The zero-order chi connectivity index (χ0) is 16.6. The number of carbonyl (C=O) groups is 2. The number of aromatic nitrogens is 2. The highest BCUT2D eigenvalue weighted by Crippen LogP contribution is 2.28. The van der Waals surface area contributed by atoms with Crippen molar-refractivity contribution in [3.05, 3.63) is 11.8 Å². The molecule has 1 N–H and O–H groups in total. The van der Waals surface area contributed by atoms with Gasteiger partial charge < -0.3 is 5.32 Å². The second-order valence-electron chi connectivity index (χ2n) is 6.16. The van der Waals surface area contributed by atoms with Gasteiger partial charge in [0.1, 0.15) is 5.82 Å². The minimum atomic E-state index is -0.261. The van der Waals surface area contributed by atoms with Crippen LogP contribution < -0.4 is 5.32 Å². The number of hydrogen-bond acceptors (Lipinski definition) is 4. The van der Waals surface area contributed by atoms with Gasteiger partial charge in [-0.05, 0) is 33.1 Å². The number of carbonyl (C=O) groups excluding carboxylic acids is 2. The molecule has 2 aliphatic rings. The molecular formula is C16H21N5O2. The Morgan fingerprint density at radius 2 is 2.09 bits per heavy atom. The molecule has 2 amide bonds. The summed E-state index contributed by atoms with van der Waals surface area (Å²) in [5.74, 6) is 0.324. The molecule has 1 aliphatic heterocycles. The lowest BCUT2D eigenvalue weighted by Gasteiger charge is -2.24. The van der Waals surface area contributed by atoms with Gasteiger partial charge in [-0.2, -0.15) is 14.8 Å². The maximum Gasteiger partial charge on any atom is 0.257 e. The summed E-state index contributed by atoms with van der Waals surface area (Å²) in [7, 11) is 0. The molecule has 1 saturated carbocycles. The van der Waals surface area contributed by atoms with Crippen LogP contribution in [0.2, 0.25) is 0 Å². The number of aryl methyl sites for hydroxylation is 1. The number of amides is 2. The van der Waals surface area contributed by atoms with Gasteiger partial charge in [0, 0.05) is 17.7 Å². The summed E-state index contributed by atoms with van der Waals surface area (Å²) in [5.41, 5.74) is 1.46. The van der Waals surface area contributed by atoms with E-state index in [0.717, 1.165) is 30.7 Å². The largest absolute Gasteiger partial charge is 0.310 e. The standard InChI is InChI=1S/C16H21N5O2/c1-4-12-10(3)17-16(19-15(12)23)21-13(8-9(2)20-21)18-14(22)11-6-5-7-11/h8,11-12H,4-7H2,1-3H3,(H,18,22). The van der Waals surface area contributed by atoms with Crippen LogP contribution in [0.25, 0.3) is 0 Å². The van der Waals surface area contributed by atoms with Crippen molar-refractivity contribution in [2.75, 3.05) is 5.32 Å². The van der Waals surface area contributed by atoms with Crippen LogP contribution in [-0.4, -0.2) is 33.3 Å². The first-order valence-electron chi connectivity index (χ1n) is 8.05. The van der Waals surface area contributed by atoms with Gasteiger partial charge in [-0.25, -0.2) is 4.99 Å². The molecule has 1 aromatic heterocycles.